The van der Waals surface area contributed by atoms with Crippen LogP contribution < -0.4 is 0 Å². The molecule has 0 bridgehead atoms. The van der Waals surface area contributed by atoms with Gasteiger partial charge >= 0.3 is 0 Å². The first-order valence-corrected chi connectivity index (χ1v) is 6.76. The Morgan fingerprint density at radius 1 is 0.400 bits per heavy atom. The first-order valence-electron chi connectivity index (χ1n) is 6.76. The van der Waals surface area contributed by atoms with Crippen molar-refractivity contribution < 1.29 is 39.5 Å². The molecule has 0 unspecified atom stereocenters. The van der Waals surface area contributed by atoms with E-state index in [1.165, 1.54) is 6.92 Å². The van der Waals surface area contributed by atoms with Gasteiger partial charge in [-0.15, -0.1) is 0 Å². The minimum absolute atomic E-state index is 0.476. The van der Waals surface area contributed by atoms with Gasteiger partial charge in [0.05, 0.1) is 10.8 Å². The van der Waals surface area contributed by atoms with E-state index < -0.39 is 85.9 Å². The van der Waals surface area contributed by atoms with Gasteiger partial charge in [0.2, 0.25) is 0 Å². The fraction of sp³-hybridized carbons (Fsp3) is 0.125. The van der Waals surface area contributed by atoms with Crippen LogP contribution in [-0.2, 0) is 6.42 Å². The Balaban J connectivity index is 2.84. The molecule has 0 saturated heterocycles. The van der Waals surface area contributed by atoms with Crippen molar-refractivity contribution in [1.82, 2.24) is 0 Å². The molecule has 0 atom stereocenters. The number of hydrogen-bond acceptors (Lipinski definition) is 0. The van der Waals surface area contributed by atoms with E-state index in [0.29, 0.717) is 0 Å². The van der Waals surface area contributed by atoms with Crippen molar-refractivity contribution in [3.63, 3.8) is 0 Å². The van der Waals surface area contributed by atoms with Gasteiger partial charge in [-0.05, 0) is 12.0 Å². The lowest BCUT2D eigenvalue weighted by atomic mass is 9.92. The summed E-state index contributed by atoms with van der Waals surface area (Å²) >= 11 is 0. The lowest BCUT2D eigenvalue weighted by Gasteiger charge is -2.15. The molecular weight excluding hydrogens is 363 g/mol. The second-order valence-electron chi connectivity index (χ2n) is 5.16. The van der Waals surface area contributed by atoms with E-state index in [-0.39, 0.29) is 0 Å². The topological polar surface area (TPSA) is 0 Å². The summed E-state index contributed by atoms with van der Waals surface area (Å²) < 4.78 is 124. The predicted octanol–water partition coefficient (Wildman–Crippen LogP) is 5.81. The van der Waals surface area contributed by atoms with Crippen LogP contribution in [0, 0.1) is 52.4 Å². The molecule has 0 fully saturated rings. The summed E-state index contributed by atoms with van der Waals surface area (Å²) in [5, 5.41) is -5.48. The minimum atomic E-state index is -2.38. The van der Waals surface area contributed by atoms with Crippen LogP contribution in [0.5, 0.6) is 0 Å². The van der Waals surface area contributed by atoms with Crippen LogP contribution in [0.2, 0.25) is 0 Å². The molecule has 0 heterocycles. The van der Waals surface area contributed by atoms with Crippen LogP contribution >= 0.6 is 0 Å². The molecule has 0 aliphatic heterocycles. The van der Waals surface area contributed by atoms with Gasteiger partial charge in [-0.25, -0.2) is 39.5 Å². The molecule has 132 valence electrons. The average molecular weight is 368 g/mol. The van der Waals surface area contributed by atoms with E-state index in [9.17, 15) is 39.5 Å². The molecule has 3 rings (SSSR count). The molecule has 0 aliphatic rings. The van der Waals surface area contributed by atoms with Crippen LogP contribution in [-0.4, -0.2) is 0 Å². The quantitative estimate of drug-likeness (QED) is 0.220. The molecule has 25 heavy (non-hydrogen) atoms. The van der Waals surface area contributed by atoms with Crippen molar-refractivity contribution in [2.24, 2.45) is 0 Å². The highest BCUT2D eigenvalue weighted by Gasteiger charge is 2.32. The maximum Gasteiger partial charge on any atom is 0.198 e. The third-order valence-corrected chi connectivity index (χ3v) is 3.93. The van der Waals surface area contributed by atoms with Gasteiger partial charge in [0, 0.05) is 10.8 Å². The van der Waals surface area contributed by atoms with Gasteiger partial charge in [0.1, 0.15) is 5.82 Å². The third-order valence-electron chi connectivity index (χ3n) is 3.93. The Kier molecular flexibility index (Phi) is 3.85. The lowest BCUT2D eigenvalue weighted by molar-refractivity contribution is 0.412. The summed E-state index contributed by atoms with van der Waals surface area (Å²) in [6.45, 7) is 1.18. The number of hydrogen-bond donors (Lipinski definition) is 0. The molecule has 0 saturated carbocycles. The smallest absolute Gasteiger partial charge is 0.198 e. The molecule has 9 heteroatoms. The van der Waals surface area contributed by atoms with Crippen LogP contribution in [0.4, 0.5) is 39.5 Å². The fourth-order valence-electron chi connectivity index (χ4n) is 2.85. The van der Waals surface area contributed by atoms with E-state index in [4.69, 9.17) is 0 Å². The van der Waals surface area contributed by atoms with Gasteiger partial charge in [-0.3, -0.25) is 0 Å². The van der Waals surface area contributed by atoms with Crippen molar-refractivity contribution in [3.8, 4) is 0 Å². The summed E-state index contributed by atoms with van der Waals surface area (Å²) in [5.41, 5.74) is -0.739. The molecule has 0 spiro atoms. The minimum Gasteiger partial charge on any atom is -0.205 e. The zero-order chi connectivity index (χ0) is 18.8. The van der Waals surface area contributed by atoms with E-state index in [0.717, 1.165) is 0 Å². The molecule has 0 radical (unpaired) electrons. The maximum atomic E-state index is 14.5. The van der Waals surface area contributed by atoms with Gasteiger partial charge < -0.3 is 0 Å². The monoisotopic (exact) mass is 368 g/mol. The summed E-state index contributed by atoms with van der Waals surface area (Å²) in [4.78, 5) is 0. The lowest BCUT2D eigenvalue weighted by Crippen LogP contribution is -2.08. The van der Waals surface area contributed by atoms with Crippen LogP contribution in [0.3, 0.4) is 0 Å². The first-order chi connectivity index (χ1) is 11.6. The highest BCUT2D eigenvalue weighted by atomic mass is 19.2. The zero-order valence-corrected chi connectivity index (χ0v) is 12.1. The standard InChI is InChI=1S/C16H5F9/c1-2-3-4-6(11(20)15(24)13(22)9(4)18)8(17)7-5(3)10(19)14(23)16(25)12(7)21/h2H2,1H3. The largest absolute Gasteiger partial charge is 0.205 e. The molecular formula is C16H5F9. The van der Waals surface area contributed by atoms with Gasteiger partial charge in [0.15, 0.2) is 46.5 Å². The highest BCUT2D eigenvalue weighted by Crippen LogP contribution is 2.40. The fourth-order valence-corrected chi connectivity index (χ4v) is 2.85. The van der Waals surface area contributed by atoms with E-state index in [2.05, 4.69) is 0 Å². The van der Waals surface area contributed by atoms with Gasteiger partial charge in [-0.2, -0.15) is 0 Å². The molecule has 0 amide bonds. The molecule has 0 aliphatic carbocycles. The maximum absolute atomic E-state index is 14.5. The summed E-state index contributed by atoms with van der Waals surface area (Å²) in [6, 6.07) is 0. The second kappa shape index (κ2) is 5.53. The van der Waals surface area contributed by atoms with Crippen molar-refractivity contribution in [1.29, 1.82) is 0 Å². The second-order valence-corrected chi connectivity index (χ2v) is 5.16. The number of fused-ring (bicyclic) bond motifs is 2. The summed E-state index contributed by atoms with van der Waals surface area (Å²) in [6.07, 6.45) is -0.476. The Labute approximate surface area is 133 Å². The molecule has 0 nitrogen and oxygen atoms in total. The molecule has 3 aromatic rings. The Bertz CT molecular complexity index is 989. The first kappa shape index (κ1) is 17.4. The third kappa shape index (κ3) is 2.04. The molecule has 0 N–H and O–H groups in total. The van der Waals surface area contributed by atoms with Crippen LogP contribution in [0.15, 0.2) is 0 Å². The van der Waals surface area contributed by atoms with Gasteiger partial charge in [0.25, 0.3) is 0 Å². The van der Waals surface area contributed by atoms with Crippen LogP contribution in [0.25, 0.3) is 21.5 Å². The number of halogens is 9. The number of rotatable bonds is 1. The van der Waals surface area contributed by atoms with E-state index >= 15 is 0 Å². The average Bonchev–Trinajstić information content (AvgIpc) is 2.59. The van der Waals surface area contributed by atoms with Crippen molar-refractivity contribution >= 4 is 21.5 Å². The van der Waals surface area contributed by atoms with Gasteiger partial charge in [-0.1, -0.05) is 6.92 Å². The SMILES string of the molecule is CCc1c2c(F)c(F)c(F)c(F)c2c(F)c2c(F)c(F)c(F)c(F)c12. The predicted molar refractivity (Wildman–Crippen MR) is 70.5 cm³/mol. The summed E-state index contributed by atoms with van der Waals surface area (Å²) in [7, 11) is 0. The molecule has 0 aromatic heterocycles. The zero-order valence-electron chi connectivity index (χ0n) is 12.1. The van der Waals surface area contributed by atoms with Crippen molar-refractivity contribution in [2.75, 3.05) is 0 Å². The number of benzene rings is 3. The van der Waals surface area contributed by atoms with Crippen molar-refractivity contribution in [3.05, 3.63) is 57.9 Å². The number of aryl methyl sites for hydroxylation is 1. The highest BCUT2D eigenvalue weighted by molar-refractivity contribution is 6.04. The Morgan fingerprint density at radius 3 is 0.960 bits per heavy atom. The molecule has 3 aromatic carbocycles. The summed E-state index contributed by atoms with van der Waals surface area (Å²) in [5.74, 6) is -20.0. The normalized spacial score (nSPS) is 11.8. The Hall–Kier alpha value is -2.45. The van der Waals surface area contributed by atoms with E-state index in [1.807, 2.05) is 0 Å². The van der Waals surface area contributed by atoms with Crippen molar-refractivity contribution in [2.45, 2.75) is 13.3 Å². The van der Waals surface area contributed by atoms with Crippen LogP contribution in [0.1, 0.15) is 12.5 Å². The Morgan fingerprint density at radius 2 is 0.680 bits per heavy atom. The van der Waals surface area contributed by atoms with E-state index in [1.54, 1.807) is 0 Å².